The van der Waals surface area contributed by atoms with E-state index in [4.69, 9.17) is 4.74 Å². The van der Waals surface area contributed by atoms with Gasteiger partial charge >= 0.3 is 0 Å². The predicted molar refractivity (Wildman–Crippen MR) is 131 cm³/mol. The molecule has 0 atom stereocenters. The number of aliphatic hydroxyl groups is 1. The van der Waals surface area contributed by atoms with Gasteiger partial charge in [0, 0.05) is 32.1 Å². The number of ether oxygens (including phenoxy) is 1. The Morgan fingerprint density at radius 1 is 1.15 bits per heavy atom. The van der Waals surface area contributed by atoms with Crippen LogP contribution in [0.15, 0.2) is 23.2 Å². The number of unbranched alkanes of at least 4 members (excludes halogenated alkanes) is 1. The summed E-state index contributed by atoms with van der Waals surface area (Å²) < 4.78 is 5.87. The van der Waals surface area contributed by atoms with Crippen LogP contribution >= 0.6 is 0 Å². The van der Waals surface area contributed by atoms with Crippen molar-refractivity contribution in [2.24, 2.45) is 10.9 Å². The molecule has 4 rings (SSSR count). The topological polar surface area (TPSA) is 94.5 Å². The molecule has 8 heteroatoms. The maximum atomic E-state index is 12.7. The Bertz CT molecular complexity index is 882. The smallest absolute Gasteiger partial charge is 0.246 e. The second kappa shape index (κ2) is 12.2. The number of carbonyl (C=O) groups excluding carboxylic acids is 2. The van der Waals surface area contributed by atoms with Crippen LogP contribution in [0, 0.1) is 5.92 Å². The first-order valence-corrected chi connectivity index (χ1v) is 12.9. The third-order valence-corrected chi connectivity index (χ3v) is 7.07. The van der Waals surface area contributed by atoms with Crippen LogP contribution in [0.3, 0.4) is 0 Å². The van der Waals surface area contributed by atoms with E-state index in [1.807, 2.05) is 23.1 Å². The molecule has 3 aliphatic rings. The van der Waals surface area contributed by atoms with Crippen LogP contribution in [0.5, 0.6) is 5.75 Å². The van der Waals surface area contributed by atoms with Crippen LogP contribution in [0.25, 0.3) is 0 Å². The quantitative estimate of drug-likeness (QED) is 0.457. The minimum absolute atomic E-state index is 0.000376. The van der Waals surface area contributed by atoms with E-state index in [0.717, 1.165) is 36.6 Å². The average molecular weight is 471 g/mol. The van der Waals surface area contributed by atoms with E-state index in [9.17, 15) is 14.7 Å². The molecule has 1 saturated carbocycles. The number of aliphatic hydroxyl groups excluding tert-OH is 1. The number of hydrogen-bond acceptors (Lipinski definition) is 6. The number of hydrogen-bond donors (Lipinski definition) is 2. The zero-order chi connectivity index (χ0) is 23.8. The Hall–Kier alpha value is -2.61. The summed E-state index contributed by atoms with van der Waals surface area (Å²) >= 11 is 0. The summed E-state index contributed by atoms with van der Waals surface area (Å²) in [7, 11) is 0. The van der Waals surface area contributed by atoms with Crippen LogP contribution in [-0.2, 0) is 16.1 Å². The number of nitrogens with zero attached hydrogens (tertiary/aromatic N) is 3. The van der Waals surface area contributed by atoms with Crippen LogP contribution in [0.1, 0.15) is 69.8 Å². The average Bonchev–Trinajstić information content (AvgIpc) is 3.21. The van der Waals surface area contributed by atoms with Crippen molar-refractivity contribution in [3.8, 4) is 5.75 Å². The first-order chi connectivity index (χ1) is 16.6. The van der Waals surface area contributed by atoms with E-state index < -0.39 is 0 Å². The van der Waals surface area contributed by atoms with E-state index in [0.29, 0.717) is 50.8 Å². The molecule has 0 unspecified atom stereocenters. The predicted octanol–water partition coefficient (Wildman–Crippen LogP) is 3.35. The van der Waals surface area contributed by atoms with Gasteiger partial charge in [-0.15, -0.1) is 0 Å². The number of aliphatic imine (C=N–C) groups is 1. The molecular weight excluding hydrogens is 432 g/mol. The van der Waals surface area contributed by atoms with Gasteiger partial charge in [-0.25, -0.2) is 4.99 Å². The molecule has 0 radical (unpaired) electrons. The number of amides is 2. The summed E-state index contributed by atoms with van der Waals surface area (Å²) in [5, 5.41) is 12.2. The molecule has 0 aromatic heterocycles. The largest absolute Gasteiger partial charge is 0.494 e. The molecule has 2 heterocycles. The number of fused-ring (bicyclic) bond motifs is 2. The van der Waals surface area contributed by atoms with E-state index in [-0.39, 0.29) is 18.4 Å². The summed E-state index contributed by atoms with van der Waals surface area (Å²) in [6.45, 7) is 2.58. The molecule has 2 amide bonds. The maximum Gasteiger partial charge on any atom is 0.246 e. The fraction of sp³-hybridized carbons (Fsp3) is 0.654. The van der Waals surface area contributed by atoms with Gasteiger partial charge in [0.15, 0.2) is 0 Å². The lowest BCUT2D eigenvalue weighted by molar-refractivity contribution is -0.132. The summed E-state index contributed by atoms with van der Waals surface area (Å²) in [5.41, 5.74) is 1.87. The minimum atomic E-state index is -0.0350. The van der Waals surface area contributed by atoms with Crippen molar-refractivity contribution in [2.75, 3.05) is 32.8 Å². The zero-order valence-electron chi connectivity index (χ0n) is 20.1. The van der Waals surface area contributed by atoms with Crippen LogP contribution in [0.4, 0.5) is 5.69 Å². The molecule has 0 bridgehead atoms. The SMILES string of the molecule is O=C1CN2Cc3ccc(OCCCC(=O)N(CCO)CCCCC4CCCCC4)cc3N=C2N1. The van der Waals surface area contributed by atoms with Gasteiger partial charge in [0.2, 0.25) is 17.8 Å². The van der Waals surface area contributed by atoms with Gasteiger partial charge in [-0.05, 0) is 30.4 Å². The second-order valence-corrected chi connectivity index (χ2v) is 9.69. The Morgan fingerprint density at radius 2 is 2.00 bits per heavy atom. The lowest BCUT2D eigenvalue weighted by Crippen LogP contribution is -2.34. The molecular formula is C26H38N4O4. The first kappa shape index (κ1) is 24.5. The van der Waals surface area contributed by atoms with Gasteiger partial charge in [0.05, 0.1) is 18.9 Å². The fourth-order valence-corrected chi connectivity index (χ4v) is 5.18. The minimum Gasteiger partial charge on any atom is -0.494 e. The molecule has 2 aliphatic heterocycles. The second-order valence-electron chi connectivity index (χ2n) is 9.69. The molecule has 8 nitrogen and oxygen atoms in total. The lowest BCUT2D eigenvalue weighted by Gasteiger charge is -2.24. The lowest BCUT2D eigenvalue weighted by atomic mass is 9.86. The Morgan fingerprint density at radius 3 is 2.82 bits per heavy atom. The number of rotatable bonds is 12. The summed E-state index contributed by atoms with van der Waals surface area (Å²) in [6, 6.07) is 5.78. The highest BCUT2D eigenvalue weighted by Crippen LogP contribution is 2.31. The van der Waals surface area contributed by atoms with E-state index in [1.54, 1.807) is 4.90 Å². The molecule has 1 aliphatic carbocycles. The Labute approximate surface area is 202 Å². The zero-order valence-corrected chi connectivity index (χ0v) is 20.1. The normalized spacial score (nSPS) is 17.6. The molecule has 0 spiro atoms. The van der Waals surface area contributed by atoms with E-state index in [2.05, 4.69) is 10.3 Å². The van der Waals surface area contributed by atoms with E-state index >= 15 is 0 Å². The van der Waals surface area contributed by atoms with Crippen molar-refractivity contribution in [3.05, 3.63) is 23.8 Å². The monoisotopic (exact) mass is 470 g/mol. The van der Waals surface area contributed by atoms with Crippen molar-refractivity contribution in [1.29, 1.82) is 0 Å². The highest BCUT2D eigenvalue weighted by atomic mass is 16.5. The third kappa shape index (κ3) is 6.72. The molecule has 1 aromatic rings. The van der Waals surface area contributed by atoms with Crippen molar-refractivity contribution in [3.63, 3.8) is 0 Å². The highest BCUT2D eigenvalue weighted by molar-refractivity contribution is 6.05. The van der Waals surface area contributed by atoms with Gasteiger partial charge in [0.1, 0.15) is 12.3 Å². The van der Waals surface area contributed by atoms with Crippen LogP contribution in [0.2, 0.25) is 0 Å². The third-order valence-electron chi connectivity index (χ3n) is 7.07. The van der Waals surface area contributed by atoms with Gasteiger partial charge in [-0.3, -0.25) is 14.9 Å². The number of carbonyl (C=O) groups is 2. The van der Waals surface area contributed by atoms with Crippen LogP contribution in [-0.4, -0.2) is 65.5 Å². The van der Waals surface area contributed by atoms with Crippen molar-refractivity contribution in [2.45, 2.75) is 70.8 Å². The molecule has 1 aromatic carbocycles. The standard InChI is InChI=1S/C26H38N4O4/c31-15-14-29(13-5-4-9-20-7-2-1-3-8-20)25(33)10-6-16-34-22-12-11-21-18-30-19-24(32)28-26(30)27-23(21)17-22/h11-12,17,20,31H,1-10,13-16,18-19H2,(H,27,28,32). The fourth-order valence-electron chi connectivity index (χ4n) is 5.18. The Kier molecular flexibility index (Phi) is 8.79. The Balaban J connectivity index is 1.16. The van der Waals surface area contributed by atoms with Gasteiger partial charge in [-0.2, -0.15) is 0 Å². The summed E-state index contributed by atoms with van der Waals surface area (Å²) in [4.78, 5) is 32.5. The summed E-state index contributed by atoms with van der Waals surface area (Å²) in [5.74, 6) is 2.24. The molecule has 186 valence electrons. The molecule has 1 saturated heterocycles. The van der Waals surface area contributed by atoms with Crippen LogP contribution < -0.4 is 10.1 Å². The number of guanidine groups is 1. The van der Waals surface area contributed by atoms with Gasteiger partial charge in [-0.1, -0.05) is 51.0 Å². The molecule has 2 N–H and O–H groups in total. The summed E-state index contributed by atoms with van der Waals surface area (Å²) in [6.07, 6.45) is 11.3. The van der Waals surface area contributed by atoms with Crippen molar-refractivity contribution in [1.82, 2.24) is 15.1 Å². The van der Waals surface area contributed by atoms with Crippen molar-refractivity contribution < 1.29 is 19.4 Å². The number of nitrogens with one attached hydrogen (secondary N) is 1. The first-order valence-electron chi connectivity index (χ1n) is 12.9. The van der Waals surface area contributed by atoms with Gasteiger partial charge in [0.25, 0.3) is 0 Å². The molecule has 2 fully saturated rings. The maximum absolute atomic E-state index is 12.7. The van der Waals surface area contributed by atoms with E-state index in [1.165, 1.54) is 38.5 Å². The van der Waals surface area contributed by atoms with Gasteiger partial charge < -0.3 is 19.6 Å². The highest BCUT2D eigenvalue weighted by Gasteiger charge is 2.29. The molecule has 34 heavy (non-hydrogen) atoms. The van der Waals surface area contributed by atoms with Crippen molar-refractivity contribution >= 4 is 23.5 Å². The number of benzene rings is 1.